The number of nitrogens with zero attached hydrogens (tertiary/aromatic N) is 1. The van der Waals surface area contributed by atoms with Crippen molar-refractivity contribution in [1.82, 2.24) is 4.90 Å². The molecule has 0 heterocycles. The fourth-order valence-corrected chi connectivity index (χ4v) is 2.09. The average molecular weight is 299 g/mol. The highest BCUT2D eigenvalue weighted by atomic mass is 79.9. The normalized spacial score (nSPS) is 13.0. The molecule has 0 amide bonds. The molecule has 2 nitrogen and oxygen atoms in total. The van der Waals surface area contributed by atoms with E-state index in [1.807, 2.05) is 0 Å². The van der Waals surface area contributed by atoms with Gasteiger partial charge >= 0.3 is 0 Å². The molecule has 1 aromatic carbocycles. The van der Waals surface area contributed by atoms with E-state index < -0.39 is 0 Å². The van der Waals surface area contributed by atoms with E-state index in [0.29, 0.717) is 6.04 Å². The molecule has 0 saturated heterocycles. The van der Waals surface area contributed by atoms with Crippen molar-refractivity contribution in [2.75, 3.05) is 13.6 Å². The molecule has 0 aliphatic carbocycles. The van der Waals surface area contributed by atoms with Crippen molar-refractivity contribution < 1.29 is 0 Å². The Labute approximate surface area is 113 Å². The van der Waals surface area contributed by atoms with Crippen LogP contribution in [0.2, 0.25) is 0 Å². The van der Waals surface area contributed by atoms with E-state index in [1.165, 1.54) is 18.4 Å². The molecular formula is C14H23BrN2. The van der Waals surface area contributed by atoms with Crippen LogP contribution in [0.3, 0.4) is 0 Å². The highest BCUT2D eigenvalue weighted by Crippen LogP contribution is 2.12. The first-order valence-corrected chi connectivity index (χ1v) is 7.06. The first-order chi connectivity index (χ1) is 8.08. The van der Waals surface area contributed by atoms with Crippen LogP contribution in [-0.2, 0) is 6.54 Å². The Hall–Kier alpha value is -0.380. The lowest BCUT2D eigenvalue weighted by Crippen LogP contribution is -2.20. The Kier molecular flexibility index (Phi) is 6.78. The Bertz CT molecular complexity index is 309. The predicted molar refractivity (Wildman–Crippen MR) is 78.0 cm³/mol. The van der Waals surface area contributed by atoms with Gasteiger partial charge in [-0.1, -0.05) is 34.5 Å². The van der Waals surface area contributed by atoms with Gasteiger partial charge in [-0.25, -0.2) is 0 Å². The van der Waals surface area contributed by atoms with Crippen LogP contribution in [0.4, 0.5) is 0 Å². The Morgan fingerprint density at radius 2 is 1.88 bits per heavy atom. The molecule has 2 N–H and O–H groups in total. The van der Waals surface area contributed by atoms with Crippen LogP contribution >= 0.6 is 15.9 Å². The molecule has 0 aromatic heterocycles. The SMILES string of the molecule is CC(N)CCCCN(C)Cc1ccc(Br)cc1. The van der Waals surface area contributed by atoms with Gasteiger partial charge in [0.25, 0.3) is 0 Å². The molecule has 1 atom stereocenters. The number of halogens is 1. The van der Waals surface area contributed by atoms with Gasteiger partial charge in [0.05, 0.1) is 0 Å². The third kappa shape index (κ3) is 6.81. The lowest BCUT2D eigenvalue weighted by Gasteiger charge is -2.17. The van der Waals surface area contributed by atoms with Crippen LogP contribution in [-0.4, -0.2) is 24.5 Å². The Morgan fingerprint density at radius 3 is 2.47 bits per heavy atom. The van der Waals surface area contributed by atoms with Crippen LogP contribution in [0.1, 0.15) is 31.7 Å². The summed E-state index contributed by atoms with van der Waals surface area (Å²) in [7, 11) is 2.17. The quantitative estimate of drug-likeness (QED) is 0.782. The molecule has 0 saturated carbocycles. The third-order valence-electron chi connectivity index (χ3n) is 2.82. The van der Waals surface area contributed by atoms with Crippen molar-refractivity contribution in [1.29, 1.82) is 0 Å². The van der Waals surface area contributed by atoms with Gasteiger partial charge in [0.2, 0.25) is 0 Å². The molecule has 0 aliphatic heterocycles. The molecule has 1 unspecified atom stereocenters. The topological polar surface area (TPSA) is 29.3 Å². The van der Waals surface area contributed by atoms with E-state index in [4.69, 9.17) is 5.73 Å². The predicted octanol–water partition coefficient (Wildman–Crippen LogP) is 3.40. The second kappa shape index (κ2) is 7.85. The zero-order valence-corrected chi connectivity index (χ0v) is 12.4. The fourth-order valence-electron chi connectivity index (χ4n) is 1.83. The molecule has 3 heteroatoms. The van der Waals surface area contributed by atoms with Crippen molar-refractivity contribution in [2.24, 2.45) is 5.73 Å². The van der Waals surface area contributed by atoms with E-state index in [-0.39, 0.29) is 0 Å². The minimum atomic E-state index is 0.340. The highest BCUT2D eigenvalue weighted by Gasteiger charge is 2.01. The molecule has 0 bridgehead atoms. The summed E-state index contributed by atoms with van der Waals surface area (Å²) in [5.74, 6) is 0. The summed E-state index contributed by atoms with van der Waals surface area (Å²) in [5, 5.41) is 0. The molecule has 0 aliphatic rings. The fraction of sp³-hybridized carbons (Fsp3) is 0.571. The van der Waals surface area contributed by atoms with E-state index in [9.17, 15) is 0 Å². The lowest BCUT2D eigenvalue weighted by atomic mass is 10.1. The summed E-state index contributed by atoms with van der Waals surface area (Å²) in [6, 6.07) is 8.87. The molecule has 0 fully saturated rings. The summed E-state index contributed by atoms with van der Waals surface area (Å²) >= 11 is 3.45. The summed E-state index contributed by atoms with van der Waals surface area (Å²) in [5.41, 5.74) is 7.09. The summed E-state index contributed by atoms with van der Waals surface area (Å²) in [6.45, 7) is 4.24. The second-order valence-electron chi connectivity index (χ2n) is 4.84. The van der Waals surface area contributed by atoms with Gasteiger partial charge < -0.3 is 10.6 Å². The molecule has 0 radical (unpaired) electrons. The average Bonchev–Trinajstić information content (AvgIpc) is 2.27. The van der Waals surface area contributed by atoms with Crippen molar-refractivity contribution in [3.8, 4) is 0 Å². The van der Waals surface area contributed by atoms with Crippen LogP contribution in [0, 0.1) is 0 Å². The first kappa shape index (κ1) is 14.7. The van der Waals surface area contributed by atoms with Crippen LogP contribution in [0.5, 0.6) is 0 Å². The number of rotatable bonds is 7. The van der Waals surface area contributed by atoms with Crippen molar-refractivity contribution in [3.05, 3.63) is 34.3 Å². The zero-order valence-electron chi connectivity index (χ0n) is 10.8. The van der Waals surface area contributed by atoms with Gasteiger partial charge in [0.1, 0.15) is 0 Å². The van der Waals surface area contributed by atoms with Crippen LogP contribution in [0.25, 0.3) is 0 Å². The largest absolute Gasteiger partial charge is 0.328 e. The van der Waals surface area contributed by atoms with Crippen molar-refractivity contribution in [2.45, 2.75) is 38.8 Å². The zero-order chi connectivity index (χ0) is 12.7. The van der Waals surface area contributed by atoms with E-state index in [2.05, 4.69) is 59.1 Å². The van der Waals surface area contributed by atoms with Gasteiger partial charge in [0.15, 0.2) is 0 Å². The summed E-state index contributed by atoms with van der Waals surface area (Å²) < 4.78 is 1.14. The van der Waals surface area contributed by atoms with Gasteiger partial charge in [-0.2, -0.15) is 0 Å². The smallest absolute Gasteiger partial charge is 0.0230 e. The van der Waals surface area contributed by atoms with Crippen molar-refractivity contribution in [3.63, 3.8) is 0 Å². The number of unbranched alkanes of at least 4 members (excludes halogenated alkanes) is 1. The van der Waals surface area contributed by atoms with E-state index in [1.54, 1.807) is 0 Å². The molecule has 1 aromatic rings. The van der Waals surface area contributed by atoms with Gasteiger partial charge in [0, 0.05) is 17.1 Å². The standard InChI is InChI=1S/C14H23BrN2/c1-12(16)5-3-4-10-17(2)11-13-6-8-14(15)9-7-13/h6-9,12H,3-5,10-11,16H2,1-2H3. The Morgan fingerprint density at radius 1 is 1.24 bits per heavy atom. The van der Waals surface area contributed by atoms with Gasteiger partial charge in [-0.15, -0.1) is 0 Å². The minimum absolute atomic E-state index is 0.340. The molecule has 17 heavy (non-hydrogen) atoms. The maximum absolute atomic E-state index is 5.73. The summed E-state index contributed by atoms with van der Waals surface area (Å²) in [4.78, 5) is 2.37. The molecule has 0 spiro atoms. The van der Waals surface area contributed by atoms with Crippen molar-refractivity contribution >= 4 is 15.9 Å². The van der Waals surface area contributed by atoms with Crippen LogP contribution < -0.4 is 5.73 Å². The van der Waals surface area contributed by atoms with E-state index in [0.717, 1.165) is 24.0 Å². The maximum atomic E-state index is 5.73. The van der Waals surface area contributed by atoms with Crippen LogP contribution in [0.15, 0.2) is 28.7 Å². The second-order valence-corrected chi connectivity index (χ2v) is 5.75. The Balaban J connectivity index is 2.20. The maximum Gasteiger partial charge on any atom is 0.0230 e. The monoisotopic (exact) mass is 298 g/mol. The lowest BCUT2D eigenvalue weighted by molar-refractivity contribution is 0.316. The first-order valence-electron chi connectivity index (χ1n) is 6.26. The number of hydrogen-bond acceptors (Lipinski definition) is 2. The minimum Gasteiger partial charge on any atom is -0.328 e. The number of benzene rings is 1. The molecule has 96 valence electrons. The van der Waals surface area contributed by atoms with Gasteiger partial charge in [-0.05, 0) is 51.1 Å². The molecular weight excluding hydrogens is 276 g/mol. The summed E-state index contributed by atoms with van der Waals surface area (Å²) in [6.07, 6.45) is 3.59. The highest BCUT2D eigenvalue weighted by molar-refractivity contribution is 9.10. The number of hydrogen-bond donors (Lipinski definition) is 1. The van der Waals surface area contributed by atoms with E-state index >= 15 is 0 Å². The third-order valence-corrected chi connectivity index (χ3v) is 3.34. The number of nitrogens with two attached hydrogens (primary N) is 1. The molecule has 1 rings (SSSR count). The van der Waals surface area contributed by atoms with Gasteiger partial charge in [-0.3, -0.25) is 0 Å².